The van der Waals surface area contributed by atoms with E-state index in [1.165, 1.54) is 11.8 Å². The molecular weight excluding hydrogens is 432 g/mol. The number of nitrogens with one attached hydrogen (secondary N) is 1. The van der Waals surface area contributed by atoms with Crippen molar-refractivity contribution in [3.63, 3.8) is 0 Å². The number of hydrogen-bond acceptors (Lipinski definition) is 6. The van der Waals surface area contributed by atoms with Gasteiger partial charge in [-0.15, -0.1) is 5.10 Å². The molecule has 4 aromatic rings. The summed E-state index contributed by atoms with van der Waals surface area (Å²) < 4.78 is 6.91. The van der Waals surface area contributed by atoms with E-state index in [-0.39, 0.29) is 28.3 Å². The summed E-state index contributed by atoms with van der Waals surface area (Å²) >= 11 is 0. The van der Waals surface area contributed by atoms with Crippen LogP contribution in [-0.2, 0) is 12.0 Å². The molecule has 0 bridgehead atoms. The Kier molecular flexibility index (Phi) is 5.55. The van der Waals surface area contributed by atoms with Gasteiger partial charge in [0.25, 0.3) is 11.5 Å². The molecule has 0 spiro atoms. The SMILES string of the molecule is CC(C)(C)c1ccc(Cn2nnc3c(=O)[nH]c(C4CCN(C(=O)c5ccco5)CC4)nc32)cc1. The van der Waals surface area contributed by atoms with Gasteiger partial charge in [-0.3, -0.25) is 9.59 Å². The lowest BCUT2D eigenvalue weighted by Gasteiger charge is -2.30. The fraction of sp³-hybridized carbons (Fsp3) is 0.400. The predicted molar refractivity (Wildman–Crippen MR) is 127 cm³/mol. The van der Waals surface area contributed by atoms with Crippen molar-refractivity contribution < 1.29 is 9.21 Å². The number of furan rings is 1. The number of benzene rings is 1. The van der Waals surface area contributed by atoms with Gasteiger partial charge in [0.1, 0.15) is 5.82 Å². The number of aromatic nitrogens is 5. The van der Waals surface area contributed by atoms with E-state index in [2.05, 4.69) is 60.3 Å². The lowest BCUT2D eigenvalue weighted by atomic mass is 9.87. The van der Waals surface area contributed by atoms with E-state index in [1.54, 1.807) is 21.7 Å². The molecular formula is C25H28N6O3. The predicted octanol–water partition coefficient (Wildman–Crippen LogP) is 3.47. The Bertz CT molecular complexity index is 1350. The molecule has 1 fully saturated rings. The van der Waals surface area contributed by atoms with Gasteiger partial charge in [0.15, 0.2) is 16.9 Å². The third-order valence-corrected chi connectivity index (χ3v) is 6.45. The van der Waals surface area contributed by atoms with Crippen LogP contribution in [0.3, 0.4) is 0 Å². The Hall–Kier alpha value is -3.75. The number of fused-ring (bicyclic) bond motifs is 1. The van der Waals surface area contributed by atoms with Crippen LogP contribution in [0.5, 0.6) is 0 Å². The van der Waals surface area contributed by atoms with Crippen molar-refractivity contribution >= 4 is 17.1 Å². The molecule has 0 aliphatic carbocycles. The first-order chi connectivity index (χ1) is 16.3. The number of amides is 1. The molecule has 5 rings (SSSR count). The van der Waals surface area contributed by atoms with E-state index >= 15 is 0 Å². The molecule has 0 radical (unpaired) electrons. The minimum atomic E-state index is -0.288. The average Bonchev–Trinajstić information content (AvgIpc) is 3.50. The minimum absolute atomic E-state index is 0.0483. The summed E-state index contributed by atoms with van der Waals surface area (Å²) in [4.78, 5) is 34.7. The minimum Gasteiger partial charge on any atom is -0.459 e. The molecule has 1 N–H and O–H groups in total. The van der Waals surface area contributed by atoms with Crippen LogP contribution in [0.2, 0.25) is 0 Å². The first kappa shape index (κ1) is 22.1. The maximum Gasteiger partial charge on any atom is 0.289 e. The third-order valence-electron chi connectivity index (χ3n) is 6.45. The largest absolute Gasteiger partial charge is 0.459 e. The Balaban J connectivity index is 1.34. The van der Waals surface area contributed by atoms with Crippen molar-refractivity contribution in [1.82, 2.24) is 29.9 Å². The molecule has 1 aliphatic heterocycles. The van der Waals surface area contributed by atoms with Gasteiger partial charge in [-0.2, -0.15) is 0 Å². The summed E-state index contributed by atoms with van der Waals surface area (Å²) in [5.41, 5.74) is 2.83. The van der Waals surface area contributed by atoms with Crippen LogP contribution in [0, 0.1) is 0 Å². The average molecular weight is 461 g/mol. The number of carbonyl (C=O) groups is 1. The van der Waals surface area contributed by atoms with Gasteiger partial charge in [0.05, 0.1) is 12.8 Å². The summed E-state index contributed by atoms with van der Waals surface area (Å²) in [6.07, 6.45) is 2.91. The van der Waals surface area contributed by atoms with Gasteiger partial charge in [-0.25, -0.2) is 9.67 Å². The van der Waals surface area contributed by atoms with Crippen molar-refractivity contribution in [2.24, 2.45) is 0 Å². The number of piperidine rings is 1. The molecule has 9 nitrogen and oxygen atoms in total. The molecule has 1 amide bonds. The standard InChI is InChI=1S/C25H28N6O3/c1-25(2,3)18-8-6-16(7-9-18)15-31-22-20(28-29-31)23(32)27-21(26-22)17-10-12-30(13-11-17)24(33)19-5-4-14-34-19/h4-9,14,17H,10-13,15H2,1-3H3,(H,26,27,32). The Morgan fingerprint density at radius 3 is 2.53 bits per heavy atom. The lowest BCUT2D eigenvalue weighted by molar-refractivity contribution is 0.0679. The molecule has 1 aromatic carbocycles. The summed E-state index contributed by atoms with van der Waals surface area (Å²) in [7, 11) is 0. The normalized spacial score (nSPS) is 15.2. The zero-order valence-corrected chi connectivity index (χ0v) is 19.6. The monoisotopic (exact) mass is 460 g/mol. The van der Waals surface area contributed by atoms with Gasteiger partial charge in [0, 0.05) is 19.0 Å². The quantitative estimate of drug-likeness (QED) is 0.499. The Labute approximate surface area is 196 Å². The third kappa shape index (κ3) is 4.25. The number of likely N-dealkylation sites (tertiary alicyclic amines) is 1. The van der Waals surface area contributed by atoms with E-state index in [1.807, 2.05) is 0 Å². The lowest BCUT2D eigenvalue weighted by Crippen LogP contribution is -2.38. The van der Waals surface area contributed by atoms with Crippen LogP contribution in [0.15, 0.2) is 51.9 Å². The molecule has 1 saturated heterocycles. The van der Waals surface area contributed by atoms with Gasteiger partial charge >= 0.3 is 0 Å². The topological polar surface area (TPSA) is 110 Å². The highest BCUT2D eigenvalue weighted by molar-refractivity contribution is 5.91. The molecule has 3 aromatic heterocycles. The smallest absolute Gasteiger partial charge is 0.289 e. The van der Waals surface area contributed by atoms with Crippen LogP contribution >= 0.6 is 0 Å². The van der Waals surface area contributed by atoms with Crippen molar-refractivity contribution in [1.29, 1.82) is 0 Å². The first-order valence-electron chi connectivity index (χ1n) is 11.6. The molecule has 176 valence electrons. The fourth-order valence-electron chi connectivity index (χ4n) is 4.38. The highest BCUT2D eigenvalue weighted by Gasteiger charge is 2.28. The zero-order chi connectivity index (χ0) is 23.9. The fourth-order valence-corrected chi connectivity index (χ4v) is 4.38. The van der Waals surface area contributed by atoms with E-state index < -0.39 is 0 Å². The van der Waals surface area contributed by atoms with Gasteiger partial charge in [0.2, 0.25) is 0 Å². The number of carbonyl (C=O) groups excluding carboxylic acids is 1. The molecule has 34 heavy (non-hydrogen) atoms. The number of hydrogen-bond donors (Lipinski definition) is 1. The molecule has 9 heteroatoms. The van der Waals surface area contributed by atoms with Crippen molar-refractivity contribution in [2.75, 3.05) is 13.1 Å². The molecule has 0 unspecified atom stereocenters. The van der Waals surface area contributed by atoms with Crippen LogP contribution in [0.1, 0.15) is 67.0 Å². The van der Waals surface area contributed by atoms with Crippen molar-refractivity contribution in [2.45, 2.75) is 51.5 Å². The second kappa shape index (κ2) is 8.55. The maximum absolute atomic E-state index is 12.7. The highest BCUT2D eigenvalue weighted by atomic mass is 16.3. The van der Waals surface area contributed by atoms with E-state index in [9.17, 15) is 9.59 Å². The number of rotatable bonds is 4. The molecule has 0 atom stereocenters. The van der Waals surface area contributed by atoms with Crippen LogP contribution in [0.25, 0.3) is 11.2 Å². The molecule has 0 saturated carbocycles. The second-order valence-electron chi connectivity index (χ2n) is 9.86. The van der Waals surface area contributed by atoms with Crippen LogP contribution in [-0.4, -0.2) is 48.9 Å². The zero-order valence-electron chi connectivity index (χ0n) is 19.6. The van der Waals surface area contributed by atoms with E-state index in [0.717, 1.165) is 5.56 Å². The second-order valence-corrected chi connectivity index (χ2v) is 9.86. The Morgan fingerprint density at radius 2 is 1.88 bits per heavy atom. The Morgan fingerprint density at radius 1 is 1.15 bits per heavy atom. The number of nitrogens with zero attached hydrogens (tertiary/aromatic N) is 5. The number of H-pyrrole nitrogens is 1. The first-order valence-corrected chi connectivity index (χ1v) is 11.6. The summed E-state index contributed by atoms with van der Waals surface area (Å²) in [6.45, 7) is 8.17. The van der Waals surface area contributed by atoms with Crippen LogP contribution in [0.4, 0.5) is 0 Å². The van der Waals surface area contributed by atoms with Crippen molar-refractivity contribution in [3.8, 4) is 0 Å². The van der Waals surface area contributed by atoms with E-state index in [0.29, 0.717) is 49.7 Å². The van der Waals surface area contributed by atoms with Crippen LogP contribution < -0.4 is 5.56 Å². The summed E-state index contributed by atoms with van der Waals surface area (Å²) in [5, 5.41) is 8.26. The van der Waals surface area contributed by atoms with Gasteiger partial charge < -0.3 is 14.3 Å². The van der Waals surface area contributed by atoms with E-state index in [4.69, 9.17) is 9.40 Å². The van der Waals surface area contributed by atoms with Gasteiger partial charge in [-0.05, 0) is 41.5 Å². The summed E-state index contributed by atoms with van der Waals surface area (Å²) in [5.74, 6) is 0.901. The number of aromatic amines is 1. The maximum atomic E-state index is 12.7. The molecule has 4 heterocycles. The molecule has 1 aliphatic rings. The van der Waals surface area contributed by atoms with Gasteiger partial charge in [-0.1, -0.05) is 50.3 Å². The summed E-state index contributed by atoms with van der Waals surface area (Å²) in [6, 6.07) is 11.8. The van der Waals surface area contributed by atoms with Crippen molar-refractivity contribution in [3.05, 3.63) is 75.7 Å². The highest BCUT2D eigenvalue weighted by Crippen LogP contribution is 2.27.